The van der Waals surface area contributed by atoms with E-state index >= 15 is 0 Å². The van der Waals surface area contributed by atoms with E-state index in [0.29, 0.717) is 12.6 Å². The number of hydrogen-bond donors (Lipinski definition) is 2. The average molecular weight is 212 g/mol. The van der Waals surface area contributed by atoms with Gasteiger partial charge in [0.25, 0.3) is 0 Å². The molecule has 1 aromatic carbocycles. The van der Waals surface area contributed by atoms with Crippen molar-refractivity contribution >= 4 is 11.6 Å². The summed E-state index contributed by atoms with van der Waals surface area (Å²) in [7, 11) is 0. The molecule has 0 aromatic heterocycles. The molecule has 76 valence electrons. The zero-order valence-corrected chi connectivity index (χ0v) is 8.67. The second-order valence-electron chi connectivity index (χ2n) is 3.71. The Labute approximate surface area is 88.9 Å². The van der Waals surface area contributed by atoms with E-state index in [-0.39, 0.29) is 6.10 Å². The second kappa shape index (κ2) is 4.30. The van der Waals surface area contributed by atoms with Crippen molar-refractivity contribution in [2.45, 2.75) is 25.0 Å². The summed E-state index contributed by atoms with van der Waals surface area (Å²) in [4.78, 5) is 0. The first-order chi connectivity index (χ1) is 6.77. The third kappa shape index (κ3) is 2.08. The van der Waals surface area contributed by atoms with Gasteiger partial charge in [-0.3, -0.25) is 0 Å². The van der Waals surface area contributed by atoms with Crippen molar-refractivity contribution in [1.29, 1.82) is 0 Å². The molecular weight excluding hydrogens is 198 g/mol. The van der Waals surface area contributed by atoms with E-state index in [1.807, 2.05) is 24.3 Å². The van der Waals surface area contributed by atoms with E-state index in [1.165, 1.54) is 0 Å². The smallest absolute Gasteiger partial charge is 0.0665 e. The molecule has 2 nitrogen and oxygen atoms in total. The summed E-state index contributed by atoms with van der Waals surface area (Å²) in [5.74, 6) is 0. The SMILES string of the molecule is OC1CCC(c2ccccc2Cl)NC1. The predicted octanol–water partition coefficient (Wildman–Crippen LogP) is 2.13. The molecule has 0 aliphatic carbocycles. The highest BCUT2D eigenvalue weighted by molar-refractivity contribution is 6.31. The molecular formula is C11H14ClNO. The number of benzene rings is 1. The van der Waals surface area contributed by atoms with E-state index in [1.54, 1.807) is 0 Å². The minimum atomic E-state index is -0.200. The monoisotopic (exact) mass is 211 g/mol. The number of aliphatic hydroxyl groups excluding tert-OH is 1. The lowest BCUT2D eigenvalue weighted by atomic mass is 9.96. The molecule has 1 aromatic rings. The third-order valence-corrected chi connectivity index (χ3v) is 3.01. The maximum atomic E-state index is 9.35. The summed E-state index contributed by atoms with van der Waals surface area (Å²) in [6.45, 7) is 0.663. The fourth-order valence-electron chi connectivity index (χ4n) is 1.86. The first-order valence-electron chi connectivity index (χ1n) is 4.93. The van der Waals surface area contributed by atoms with Gasteiger partial charge in [-0.1, -0.05) is 29.8 Å². The largest absolute Gasteiger partial charge is 0.392 e. The quantitative estimate of drug-likeness (QED) is 0.746. The van der Waals surface area contributed by atoms with Crippen molar-refractivity contribution in [2.75, 3.05) is 6.54 Å². The van der Waals surface area contributed by atoms with Crippen LogP contribution < -0.4 is 5.32 Å². The van der Waals surface area contributed by atoms with Crippen LogP contribution in [0.5, 0.6) is 0 Å². The first kappa shape index (κ1) is 9.97. The highest BCUT2D eigenvalue weighted by Gasteiger charge is 2.21. The van der Waals surface area contributed by atoms with Gasteiger partial charge >= 0.3 is 0 Å². The molecule has 2 unspecified atom stereocenters. The number of nitrogens with one attached hydrogen (secondary N) is 1. The summed E-state index contributed by atoms with van der Waals surface area (Å²) in [6.07, 6.45) is 1.60. The molecule has 1 saturated heterocycles. The molecule has 2 N–H and O–H groups in total. The number of β-amino-alcohol motifs (C(OH)–C–C–N with tert-alkyl or cyclic N) is 1. The molecule has 0 spiro atoms. The van der Waals surface area contributed by atoms with Crippen LogP contribution in [0.25, 0.3) is 0 Å². The van der Waals surface area contributed by atoms with Gasteiger partial charge in [0.2, 0.25) is 0 Å². The molecule has 1 aliphatic heterocycles. The summed E-state index contributed by atoms with van der Waals surface area (Å²) in [6, 6.07) is 8.17. The molecule has 3 heteroatoms. The highest BCUT2D eigenvalue weighted by Crippen LogP contribution is 2.28. The fourth-order valence-corrected chi connectivity index (χ4v) is 2.13. The van der Waals surface area contributed by atoms with Crippen LogP contribution in [0.1, 0.15) is 24.4 Å². The van der Waals surface area contributed by atoms with Crippen LogP contribution in [0, 0.1) is 0 Å². The number of halogens is 1. The number of piperidine rings is 1. The zero-order valence-electron chi connectivity index (χ0n) is 7.91. The van der Waals surface area contributed by atoms with E-state index < -0.39 is 0 Å². The molecule has 1 aliphatic rings. The molecule has 2 atom stereocenters. The number of rotatable bonds is 1. The van der Waals surface area contributed by atoms with E-state index in [0.717, 1.165) is 23.4 Å². The Balaban J connectivity index is 2.12. The van der Waals surface area contributed by atoms with Crippen LogP contribution in [-0.2, 0) is 0 Å². The van der Waals surface area contributed by atoms with Crippen LogP contribution in [-0.4, -0.2) is 17.8 Å². The number of hydrogen-bond acceptors (Lipinski definition) is 2. The van der Waals surface area contributed by atoms with Crippen molar-refractivity contribution in [2.24, 2.45) is 0 Å². The van der Waals surface area contributed by atoms with Crippen molar-refractivity contribution in [3.63, 3.8) is 0 Å². The van der Waals surface area contributed by atoms with Crippen molar-refractivity contribution in [1.82, 2.24) is 5.32 Å². The van der Waals surface area contributed by atoms with Crippen LogP contribution in [0.3, 0.4) is 0 Å². The second-order valence-corrected chi connectivity index (χ2v) is 4.12. The standard InChI is InChI=1S/C11H14ClNO/c12-10-4-2-1-3-9(10)11-6-5-8(14)7-13-11/h1-4,8,11,13-14H,5-7H2. The van der Waals surface area contributed by atoms with Crippen molar-refractivity contribution < 1.29 is 5.11 Å². The van der Waals surface area contributed by atoms with Gasteiger partial charge in [0.1, 0.15) is 0 Å². The van der Waals surface area contributed by atoms with Crippen LogP contribution in [0.4, 0.5) is 0 Å². The first-order valence-corrected chi connectivity index (χ1v) is 5.31. The maximum Gasteiger partial charge on any atom is 0.0665 e. The lowest BCUT2D eigenvalue weighted by Gasteiger charge is -2.27. The number of aliphatic hydroxyl groups is 1. The fraction of sp³-hybridized carbons (Fsp3) is 0.455. The van der Waals surface area contributed by atoms with Gasteiger partial charge in [-0.05, 0) is 24.5 Å². The molecule has 0 bridgehead atoms. The summed E-state index contributed by atoms with van der Waals surface area (Å²) in [5, 5.41) is 13.4. The molecule has 0 amide bonds. The van der Waals surface area contributed by atoms with Crippen LogP contribution in [0.15, 0.2) is 24.3 Å². The summed E-state index contributed by atoms with van der Waals surface area (Å²) >= 11 is 6.09. The Morgan fingerprint density at radius 1 is 1.29 bits per heavy atom. The van der Waals surface area contributed by atoms with Gasteiger partial charge in [0.15, 0.2) is 0 Å². The third-order valence-electron chi connectivity index (χ3n) is 2.67. The zero-order chi connectivity index (χ0) is 9.97. The maximum absolute atomic E-state index is 9.35. The van der Waals surface area contributed by atoms with Crippen LogP contribution in [0.2, 0.25) is 5.02 Å². The van der Waals surface area contributed by atoms with Crippen molar-refractivity contribution in [3.8, 4) is 0 Å². The molecule has 1 fully saturated rings. The van der Waals surface area contributed by atoms with E-state index in [2.05, 4.69) is 5.32 Å². The lowest BCUT2D eigenvalue weighted by Crippen LogP contribution is -2.36. The predicted molar refractivity (Wildman–Crippen MR) is 57.4 cm³/mol. The minimum Gasteiger partial charge on any atom is -0.392 e. The van der Waals surface area contributed by atoms with Gasteiger partial charge in [0, 0.05) is 17.6 Å². The Morgan fingerprint density at radius 3 is 2.71 bits per heavy atom. The molecule has 0 saturated carbocycles. The molecule has 2 rings (SSSR count). The van der Waals surface area contributed by atoms with E-state index in [4.69, 9.17) is 11.6 Å². The highest BCUT2D eigenvalue weighted by atomic mass is 35.5. The Bertz CT molecular complexity index is 308. The Morgan fingerprint density at radius 2 is 2.07 bits per heavy atom. The summed E-state index contributed by atoms with van der Waals surface area (Å²) < 4.78 is 0. The van der Waals surface area contributed by atoms with E-state index in [9.17, 15) is 5.11 Å². The Kier molecular flexibility index (Phi) is 3.06. The molecule has 14 heavy (non-hydrogen) atoms. The molecule has 0 radical (unpaired) electrons. The average Bonchev–Trinajstić information content (AvgIpc) is 2.20. The van der Waals surface area contributed by atoms with Crippen molar-refractivity contribution in [3.05, 3.63) is 34.9 Å². The van der Waals surface area contributed by atoms with Gasteiger partial charge in [-0.2, -0.15) is 0 Å². The normalized spacial score (nSPS) is 27.6. The van der Waals surface area contributed by atoms with Gasteiger partial charge < -0.3 is 10.4 Å². The Hall–Kier alpha value is -0.570. The van der Waals surface area contributed by atoms with Crippen LogP contribution >= 0.6 is 11.6 Å². The minimum absolute atomic E-state index is 0.200. The topological polar surface area (TPSA) is 32.3 Å². The molecule has 1 heterocycles. The van der Waals surface area contributed by atoms with Gasteiger partial charge in [-0.25, -0.2) is 0 Å². The lowest BCUT2D eigenvalue weighted by molar-refractivity contribution is 0.126. The van der Waals surface area contributed by atoms with Gasteiger partial charge in [-0.15, -0.1) is 0 Å². The van der Waals surface area contributed by atoms with Gasteiger partial charge in [0.05, 0.1) is 6.10 Å². The summed E-state index contributed by atoms with van der Waals surface area (Å²) in [5.41, 5.74) is 1.14.